The van der Waals surface area contributed by atoms with E-state index < -0.39 is 6.10 Å². The summed E-state index contributed by atoms with van der Waals surface area (Å²) in [5.41, 5.74) is 7.10. The molecule has 26 heavy (non-hydrogen) atoms. The first kappa shape index (κ1) is 20.0. The van der Waals surface area contributed by atoms with Crippen molar-refractivity contribution in [1.82, 2.24) is 5.32 Å². The van der Waals surface area contributed by atoms with Crippen LogP contribution in [0.5, 0.6) is 5.75 Å². The van der Waals surface area contributed by atoms with Crippen molar-refractivity contribution >= 4 is 5.91 Å². The predicted molar refractivity (Wildman–Crippen MR) is 108 cm³/mol. The van der Waals surface area contributed by atoms with Gasteiger partial charge in [0.2, 0.25) is 0 Å². The Morgan fingerprint density at radius 1 is 0.962 bits per heavy atom. The number of rotatable bonds is 6. The Kier molecular flexibility index (Phi) is 6.47. The van der Waals surface area contributed by atoms with Crippen molar-refractivity contribution < 1.29 is 9.53 Å². The van der Waals surface area contributed by atoms with Crippen molar-refractivity contribution in [1.29, 1.82) is 0 Å². The number of hydrogen-bond acceptors (Lipinski definition) is 2. The van der Waals surface area contributed by atoms with E-state index in [1.165, 1.54) is 22.3 Å². The van der Waals surface area contributed by atoms with Gasteiger partial charge in [-0.2, -0.15) is 0 Å². The average molecular weight is 354 g/mol. The third kappa shape index (κ3) is 4.66. The molecule has 0 heterocycles. The van der Waals surface area contributed by atoms with Crippen LogP contribution in [0.3, 0.4) is 0 Å². The van der Waals surface area contributed by atoms with Crippen LogP contribution in [0.1, 0.15) is 59.7 Å². The molecule has 0 unspecified atom stereocenters. The second kappa shape index (κ2) is 8.39. The molecule has 0 aliphatic carbocycles. The SMILES string of the molecule is CC[C@H](Oc1ccc(C)cc1C)C(=O)N[C@@H](C)c1cc(C)c(C)cc1C. The largest absolute Gasteiger partial charge is 0.480 e. The van der Waals surface area contributed by atoms with E-state index in [0.717, 1.165) is 16.9 Å². The van der Waals surface area contributed by atoms with Gasteiger partial charge in [-0.3, -0.25) is 4.79 Å². The van der Waals surface area contributed by atoms with Gasteiger partial charge in [-0.1, -0.05) is 36.8 Å². The van der Waals surface area contributed by atoms with Crippen molar-refractivity contribution in [3.05, 3.63) is 63.7 Å². The van der Waals surface area contributed by atoms with Crippen molar-refractivity contribution in [2.24, 2.45) is 0 Å². The number of hydrogen-bond donors (Lipinski definition) is 1. The van der Waals surface area contributed by atoms with Crippen LogP contribution < -0.4 is 10.1 Å². The summed E-state index contributed by atoms with van der Waals surface area (Å²) >= 11 is 0. The maximum atomic E-state index is 12.8. The van der Waals surface area contributed by atoms with Crippen LogP contribution >= 0.6 is 0 Å². The molecule has 2 rings (SSSR count). The fourth-order valence-corrected chi connectivity index (χ4v) is 3.24. The molecule has 0 aliphatic heterocycles. The molecule has 1 N–H and O–H groups in total. The van der Waals surface area contributed by atoms with Gasteiger partial charge in [0.05, 0.1) is 6.04 Å². The van der Waals surface area contributed by atoms with E-state index in [0.29, 0.717) is 6.42 Å². The zero-order valence-electron chi connectivity index (χ0n) is 17.1. The molecule has 0 radical (unpaired) electrons. The molecule has 2 atom stereocenters. The minimum atomic E-state index is -0.495. The molecular formula is C23H31NO2. The van der Waals surface area contributed by atoms with E-state index in [1.54, 1.807) is 0 Å². The summed E-state index contributed by atoms with van der Waals surface area (Å²) in [7, 11) is 0. The van der Waals surface area contributed by atoms with Gasteiger partial charge < -0.3 is 10.1 Å². The van der Waals surface area contributed by atoms with Gasteiger partial charge in [-0.15, -0.1) is 0 Å². The van der Waals surface area contributed by atoms with E-state index in [2.05, 4.69) is 44.3 Å². The molecule has 140 valence electrons. The maximum Gasteiger partial charge on any atom is 0.261 e. The molecule has 1 amide bonds. The summed E-state index contributed by atoms with van der Waals surface area (Å²) in [6.07, 6.45) is 0.128. The highest BCUT2D eigenvalue weighted by atomic mass is 16.5. The number of benzene rings is 2. The van der Waals surface area contributed by atoms with E-state index in [-0.39, 0.29) is 11.9 Å². The van der Waals surface area contributed by atoms with Gasteiger partial charge in [-0.05, 0) is 81.8 Å². The molecule has 0 aliphatic rings. The molecule has 0 bridgehead atoms. The molecule has 0 saturated carbocycles. The summed E-state index contributed by atoms with van der Waals surface area (Å²) in [6, 6.07) is 10.3. The first-order valence-corrected chi connectivity index (χ1v) is 9.35. The summed E-state index contributed by atoms with van der Waals surface area (Å²) in [4.78, 5) is 12.8. The monoisotopic (exact) mass is 353 g/mol. The van der Waals surface area contributed by atoms with Gasteiger partial charge in [0.1, 0.15) is 5.75 Å². The molecule has 0 fully saturated rings. The van der Waals surface area contributed by atoms with E-state index in [9.17, 15) is 4.79 Å². The predicted octanol–water partition coefficient (Wildman–Crippen LogP) is 5.26. The number of carbonyl (C=O) groups is 1. The smallest absolute Gasteiger partial charge is 0.261 e. The normalized spacial score (nSPS) is 13.2. The fraction of sp³-hybridized carbons (Fsp3) is 0.435. The van der Waals surface area contributed by atoms with Crippen LogP contribution in [0.4, 0.5) is 0 Å². The first-order valence-electron chi connectivity index (χ1n) is 9.35. The Bertz CT molecular complexity index is 795. The topological polar surface area (TPSA) is 38.3 Å². The van der Waals surface area contributed by atoms with Crippen LogP contribution in [0.15, 0.2) is 30.3 Å². The third-order valence-electron chi connectivity index (χ3n) is 4.97. The number of aryl methyl sites for hydroxylation is 5. The Labute approximate surface area is 157 Å². The van der Waals surface area contributed by atoms with Crippen molar-refractivity contribution in [2.75, 3.05) is 0 Å². The van der Waals surface area contributed by atoms with Gasteiger partial charge >= 0.3 is 0 Å². The number of ether oxygens (including phenoxy) is 1. The molecule has 2 aromatic carbocycles. The van der Waals surface area contributed by atoms with Gasteiger partial charge in [0, 0.05) is 0 Å². The number of carbonyl (C=O) groups excluding carboxylic acids is 1. The second-order valence-corrected chi connectivity index (χ2v) is 7.31. The highest BCUT2D eigenvalue weighted by molar-refractivity contribution is 5.81. The van der Waals surface area contributed by atoms with Crippen molar-refractivity contribution in [2.45, 2.75) is 67.0 Å². The summed E-state index contributed by atoms with van der Waals surface area (Å²) in [6.45, 7) is 14.4. The van der Waals surface area contributed by atoms with Gasteiger partial charge in [-0.25, -0.2) is 0 Å². The lowest BCUT2D eigenvalue weighted by atomic mass is 9.96. The Morgan fingerprint density at radius 2 is 1.62 bits per heavy atom. The minimum Gasteiger partial charge on any atom is -0.480 e. The Morgan fingerprint density at radius 3 is 2.23 bits per heavy atom. The third-order valence-corrected chi connectivity index (χ3v) is 4.97. The highest BCUT2D eigenvalue weighted by Gasteiger charge is 2.22. The molecule has 2 aromatic rings. The molecule has 0 aromatic heterocycles. The summed E-state index contributed by atoms with van der Waals surface area (Å²) in [5.74, 6) is 0.699. The zero-order chi connectivity index (χ0) is 19.4. The Hall–Kier alpha value is -2.29. The quantitative estimate of drug-likeness (QED) is 0.769. The van der Waals surface area contributed by atoms with E-state index in [4.69, 9.17) is 4.74 Å². The van der Waals surface area contributed by atoms with Crippen molar-refractivity contribution in [3.63, 3.8) is 0 Å². The summed E-state index contributed by atoms with van der Waals surface area (Å²) in [5, 5.41) is 3.12. The Balaban J connectivity index is 2.12. The zero-order valence-corrected chi connectivity index (χ0v) is 17.1. The number of amides is 1. The minimum absolute atomic E-state index is 0.0569. The standard InChI is InChI=1S/C23H31NO2/c1-8-21(26-22-10-9-14(2)11-18(22)6)23(25)24-19(7)20-13-16(4)15(3)12-17(20)5/h9-13,19,21H,8H2,1-7H3,(H,24,25)/t19-,21-/m0/s1. The summed E-state index contributed by atoms with van der Waals surface area (Å²) < 4.78 is 6.01. The van der Waals surface area contributed by atoms with Gasteiger partial charge in [0.15, 0.2) is 6.10 Å². The van der Waals surface area contributed by atoms with Crippen LogP contribution in [0.25, 0.3) is 0 Å². The van der Waals surface area contributed by atoms with Gasteiger partial charge in [0.25, 0.3) is 5.91 Å². The molecular weight excluding hydrogens is 322 g/mol. The first-order chi connectivity index (χ1) is 12.2. The molecule has 3 heteroatoms. The highest BCUT2D eigenvalue weighted by Crippen LogP contribution is 2.23. The lowest BCUT2D eigenvalue weighted by Crippen LogP contribution is -2.39. The molecule has 0 spiro atoms. The van der Waals surface area contributed by atoms with E-state index >= 15 is 0 Å². The average Bonchev–Trinajstić information content (AvgIpc) is 2.57. The van der Waals surface area contributed by atoms with Crippen molar-refractivity contribution in [3.8, 4) is 5.75 Å². The molecule has 0 saturated heterocycles. The van der Waals surface area contributed by atoms with E-state index in [1.807, 2.05) is 39.8 Å². The van der Waals surface area contributed by atoms with Crippen LogP contribution in [-0.2, 0) is 4.79 Å². The van der Waals surface area contributed by atoms with Crippen LogP contribution in [-0.4, -0.2) is 12.0 Å². The molecule has 3 nitrogen and oxygen atoms in total. The fourth-order valence-electron chi connectivity index (χ4n) is 3.24. The maximum absolute atomic E-state index is 12.8. The lowest BCUT2D eigenvalue weighted by molar-refractivity contribution is -0.128. The number of nitrogens with one attached hydrogen (secondary N) is 1. The van der Waals surface area contributed by atoms with Crippen LogP contribution in [0.2, 0.25) is 0 Å². The van der Waals surface area contributed by atoms with Crippen LogP contribution in [0, 0.1) is 34.6 Å². The second-order valence-electron chi connectivity index (χ2n) is 7.31. The lowest BCUT2D eigenvalue weighted by Gasteiger charge is -2.23.